The number of hydrogen-bond donors (Lipinski definition) is 2. The van der Waals surface area contributed by atoms with Crippen LogP contribution in [-0.2, 0) is 18.4 Å². The summed E-state index contributed by atoms with van der Waals surface area (Å²) in [4.78, 5) is 25.0. The molecular weight excluding hydrogens is 671 g/mol. The maximum atomic E-state index is 12.7. The van der Waals surface area contributed by atoms with E-state index in [1.165, 1.54) is 148 Å². The molecule has 0 saturated heterocycles. The number of nitrogens with one attached hydrogen (secondary N) is 1. The molecule has 0 heterocycles. The van der Waals surface area contributed by atoms with Crippen LogP contribution in [0.1, 0.15) is 206 Å². The standard InChI is InChI=1S/C43H87N2O6P/c1-6-8-10-12-13-14-15-16-17-18-19-20-21-22-23-24-25-26-27-28-29-30-31-32-33-35-37-43(47)44-41(42(46)36-34-11-9-7-2)40-51-52(48,49)50-39-38-45(3,4)5/h34,36,41-42,46H,6-33,35,37-40H2,1-5H3,(H-,44,47,48,49)/b36-34+. The number of quaternary nitrogens is 1. The van der Waals surface area contributed by atoms with Crippen LogP contribution >= 0.6 is 7.82 Å². The van der Waals surface area contributed by atoms with E-state index in [0.29, 0.717) is 17.4 Å². The summed E-state index contributed by atoms with van der Waals surface area (Å²) < 4.78 is 22.9. The van der Waals surface area contributed by atoms with Crippen molar-refractivity contribution in [2.24, 2.45) is 0 Å². The Morgan fingerprint density at radius 3 is 1.42 bits per heavy atom. The van der Waals surface area contributed by atoms with E-state index >= 15 is 0 Å². The van der Waals surface area contributed by atoms with Crippen molar-refractivity contribution in [1.29, 1.82) is 0 Å². The first-order chi connectivity index (χ1) is 25.0. The molecule has 52 heavy (non-hydrogen) atoms. The van der Waals surface area contributed by atoms with Gasteiger partial charge in [0.2, 0.25) is 5.91 Å². The molecule has 0 aliphatic heterocycles. The van der Waals surface area contributed by atoms with E-state index in [0.717, 1.165) is 38.5 Å². The van der Waals surface area contributed by atoms with Crippen molar-refractivity contribution in [3.8, 4) is 0 Å². The lowest BCUT2D eigenvalue weighted by atomic mass is 10.0. The van der Waals surface area contributed by atoms with E-state index in [2.05, 4.69) is 19.2 Å². The van der Waals surface area contributed by atoms with Crippen LogP contribution in [0.5, 0.6) is 0 Å². The van der Waals surface area contributed by atoms with Crippen molar-refractivity contribution in [2.75, 3.05) is 40.9 Å². The number of allylic oxidation sites excluding steroid dienone is 1. The Labute approximate surface area is 322 Å². The van der Waals surface area contributed by atoms with Gasteiger partial charge in [-0.1, -0.05) is 199 Å². The Bertz CT molecular complexity index is 865. The van der Waals surface area contributed by atoms with Gasteiger partial charge in [-0.2, -0.15) is 0 Å². The van der Waals surface area contributed by atoms with Crippen LogP contribution in [0.4, 0.5) is 0 Å². The molecule has 0 aromatic rings. The highest BCUT2D eigenvalue weighted by molar-refractivity contribution is 7.45. The summed E-state index contributed by atoms with van der Waals surface area (Å²) in [6, 6.07) is -0.876. The third-order valence-corrected chi connectivity index (χ3v) is 11.0. The summed E-state index contributed by atoms with van der Waals surface area (Å²) >= 11 is 0. The van der Waals surface area contributed by atoms with E-state index in [1.807, 2.05) is 27.2 Å². The molecule has 0 radical (unpaired) electrons. The molecule has 0 aliphatic rings. The molecule has 2 N–H and O–H groups in total. The van der Waals surface area contributed by atoms with Gasteiger partial charge >= 0.3 is 0 Å². The number of amides is 1. The van der Waals surface area contributed by atoms with Crippen molar-refractivity contribution in [2.45, 2.75) is 219 Å². The maximum absolute atomic E-state index is 12.7. The second-order valence-corrected chi connectivity index (χ2v) is 17.8. The monoisotopic (exact) mass is 759 g/mol. The number of unbranched alkanes of at least 4 members (excludes halogenated alkanes) is 27. The number of phosphoric acid groups is 1. The lowest BCUT2D eigenvalue weighted by Crippen LogP contribution is -2.45. The zero-order valence-corrected chi connectivity index (χ0v) is 35.9. The van der Waals surface area contributed by atoms with Gasteiger partial charge in [-0.3, -0.25) is 9.36 Å². The number of hydrogen-bond acceptors (Lipinski definition) is 6. The van der Waals surface area contributed by atoms with Gasteiger partial charge in [0.05, 0.1) is 39.9 Å². The topological polar surface area (TPSA) is 108 Å². The summed E-state index contributed by atoms with van der Waals surface area (Å²) in [5.41, 5.74) is 0. The van der Waals surface area contributed by atoms with Gasteiger partial charge in [-0.15, -0.1) is 0 Å². The van der Waals surface area contributed by atoms with E-state index in [1.54, 1.807) is 6.08 Å². The van der Waals surface area contributed by atoms with Gasteiger partial charge in [-0.25, -0.2) is 0 Å². The minimum atomic E-state index is -4.56. The first kappa shape index (κ1) is 51.2. The number of aliphatic hydroxyl groups is 1. The van der Waals surface area contributed by atoms with Crippen LogP contribution in [0.2, 0.25) is 0 Å². The SMILES string of the molecule is CCCC/C=C/C(O)C(COP(=O)([O-])OCC[N+](C)(C)C)NC(=O)CCCCCCCCCCCCCCCCCCCCCCCCCCCC. The van der Waals surface area contributed by atoms with Gasteiger partial charge in [0.15, 0.2) is 0 Å². The molecule has 310 valence electrons. The molecule has 0 aliphatic carbocycles. The third-order valence-electron chi connectivity index (χ3n) is 10.00. The number of carbonyl (C=O) groups is 1. The maximum Gasteiger partial charge on any atom is 0.268 e. The quantitative estimate of drug-likeness (QED) is 0.0279. The zero-order chi connectivity index (χ0) is 38.6. The van der Waals surface area contributed by atoms with Crippen molar-refractivity contribution < 1.29 is 32.9 Å². The zero-order valence-electron chi connectivity index (χ0n) is 35.0. The van der Waals surface area contributed by atoms with Gasteiger partial charge in [0, 0.05) is 6.42 Å². The molecule has 8 nitrogen and oxygen atoms in total. The highest BCUT2D eigenvalue weighted by Gasteiger charge is 2.23. The fourth-order valence-corrected chi connectivity index (χ4v) is 7.16. The average Bonchev–Trinajstić information content (AvgIpc) is 3.09. The number of nitrogens with zero attached hydrogens (tertiary/aromatic N) is 1. The lowest BCUT2D eigenvalue weighted by Gasteiger charge is -2.29. The largest absolute Gasteiger partial charge is 0.756 e. The van der Waals surface area contributed by atoms with Gasteiger partial charge in [0.1, 0.15) is 13.2 Å². The molecule has 3 unspecified atom stereocenters. The lowest BCUT2D eigenvalue weighted by molar-refractivity contribution is -0.870. The molecule has 1 amide bonds. The average molecular weight is 759 g/mol. The number of likely N-dealkylation sites (N-methyl/N-ethyl adjacent to an activating group) is 1. The van der Waals surface area contributed by atoms with Crippen LogP contribution in [-0.4, -0.2) is 68.5 Å². The fourth-order valence-electron chi connectivity index (χ4n) is 6.43. The molecule has 0 bridgehead atoms. The van der Waals surface area contributed by atoms with Crippen LogP contribution in [0.15, 0.2) is 12.2 Å². The van der Waals surface area contributed by atoms with Crippen molar-refractivity contribution in [3.63, 3.8) is 0 Å². The molecule has 0 aromatic carbocycles. The van der Waals surface area contributed by atoms with Gasteiger partial charge in [0.25, 0.3) is 7.82 Å². The predicted molar refractivity (Wildman–Crippen MR) is 219 cm³/mol. The highest BCUT2D eigenvalue weighted by Crippen LogP contribution is 2.38. The highest BCUT2D eigenvalue weighted by atomic mass is 31.2. The van der Waals surface area contributed by atoms with Crippen LogP contribution in [0, 0.1) is 0 Å². The second kappa shape index (κ2) is 35.9. The van der Waals surface area contributed by atoms with Gasteiger partial charge in [-0.05, 0) is 12.8 Å². The van der Waals surface area contributed by atoms with Crippen LogP contribution < -0.4 is 10.2 Å². The van der Waals surface area contributed by atoms with E-state index in [4.69, 9.17) is 9.05 Å². The molecule has 0 fully saturated rings. The number of rotatable bonds is 40. The Morgan fingerprint density at radius 1 is 0.654 bits per heavy atom. The van der Waals surface area contributed by atoms with E-state index in [-0.39, 0.29) is 19.1 Å². The number of carbonyl (C=O) groups excluding carboxylic acids is 1. The summed E-state index contributed by atoms with van der Waals surface area (Å²) in [5, 5.41) is 13.5. The number of phosphoric ester groups is 1. The Kier molecular flexibility index (Phi) is 35.4. The first-order valence-corrected chi connectivity index (χ1v) is 23.5. The third kappa shape index (κ3) is 37.6. The predicted octanol–water partition coefficient (Wildman–Crippen LogP) is 11.3. The molecule has 0 spiro atoms. The summed E-state index contributed by atoms with van der Waals surface area (Å²) in [6.07, 6.45) is 40.6. The molecule has 0 aromatic heterocycles. The Balaban J connectivity index is 3.86. The van der Waals surface area contributed by atoms with Crippen molar-refractivity contribution >= 4 is 13.7 Å². The van der Waals surface area contributed by atoms with Crippen LogP contribution in [0.3, 0.4) is 0 Å². The minimum Gasteiger partial charge on any atom is -0.756 e. The Hall–Kier alpha value is -0.760. The summed E-state index contributed by atoms with van der Waals surface area (Å²) in [6.45, 7) is 4.50. The normalized spacial score (nSPS) is 14.5. The molecule has 9 heteroatoms. The summed E-state index contributed by atoms with van der Waals surface area (Å²) in [5.74, 6) is -0.203. The van der Waals surface area contributed by atoms with E-state index < -0.39 is 20.0 Å². The smallest absolute Gasteiger partial charge is 0.268 e. The van der Waals surface area contributed by atoms with Crippen molar-refractivity contribution in [1.82, 2.24) is 5.32 Å². The first-order valence-electron chi connectivity index (χ1n) is 22.1. The number of aliphatic hydroxyl groups excluding tert-OH is 1. The van der Waals surface area contributed by atoms with Crippen LogP contribution in [0.25, 0.3) is 0 Å². The van der Waals surface area contributed by atoms with E-state index in [9.17, 15) is 19.4 Å². The molecular formula is C43H87N2O6P. The Morgan fingerprint density at radius 2 is 1.04 bits per heavy atom. The summed E-state index contributed by atoms with van der Waals surface area (Å²) in [7, 11) is 1.26. The molecule has 0 saturated carbocycles. The minimum absolute atomic E-state index is 0.000386. The second-order valence-electron chi connectivity index (χ2n) is 16.4. The van der Waals surface area contributed by atoms with Crippen molar-refractivity contribution in [3.05, 3.63) is 12.2 Å². The fraction of sp³-hybridized carbons (Fsp3) is 0.930. The molecule has 3 atom stereocenters. The van der Waals surface area contributed by atoms with Gasteiger partial charge < -0.3 is 28.8 Å². The molecule has 0 rings (SSSR count).